The van der Waals surface area contributed by atoms with Gasteiger partial charge >= 0.3 is 0 Å². The van der Waals surface area contributed by atoms with Crippen LogP contribution >= 0.6 is 8.07 Å². The highest BCUT2D eigenvalue weighted by atomic mass is 31.1. The van der Waals surface area contributed by atoms with E-state index in [1.807, 2.05) is 12.3 Å². The standard InChI is InChI=1S/C15H19N2P/c1-3-17(4-2)18(14-10-6-5-7-11-14)15-12-8-9-13-16-15/h5-13H,3-4H2,1-2H3. The number of nitrogens with zero attached hydrogens (tertiary/aromatic N) is 2. The predicted molar refractivity (Wildman–Crippen MR) is 79.8 cm³/mol. The average molecular weight is 258 g/mol. The van der Waals surface area contributed by atoms with Crippen LogP contribution in [0, 0.1) is 0 Å². The van der Waals surface area contributed by atoms with Crippen LogP contribution in [0.2, 0.25) is 0 Å². The first-order valence-corrected chi connectivity index (χ1v) is 7.67. The van der Waals surface area contributed by atoms with Crippen molar-refractivity contribution in [2.45, 2.75) is 13.8 Å². The van der Waals surface area contributed by atoms with Crippen LogP contribution in [0.3, 0.4) is 0 Å². The lowest BCUT2D eigenvalue weighted by atomic mass is 10.4. The molecule has 2 nitrogen and oxygen atoms in total. The molecular formula is C15H19N2P. The fourth-order valence-electron chi connectivity index (χ4n) is 2.00. The van der Waals surface area contributed by atoms with Crippen molar-refractivity contribution in [3.05, 3.63) is 54.7 Å². The van der Waals surface area contributed by atoms with Gasteiger partial charge in [-0.3, -0.25) is 9.65 Å². The lowest BCUT2D eigenvalue weighted by Gasteiger charge is -2.29. The number of pyridine rings is 1. The Hall–Kier alpha value is -1.24. The first-order chi connectivity index (χ1) is 8.86. The van der Waals surface area contributed by atoms with Gasteiger partial charge < -0.3 is 0 Å². The van der Waals surface area contributed by atoms with E-state index in [0.717, 1.165) is 13.1 Å². The maximum absolute atomic E-state index is 4.56. The summed E-state index contributed by atoms with van der Waals surface area (Å²) >= 11 is 0. The molecule has 0 aliphatic heterocycles. The van der Waals surface area contributed by atoms with Crippen LogP contribution in [0.15, 0.2) is 54.7 Å². The molecule has 2 aromatic rings. The van der Waals surface area contributed by atoms with Crippen LogP contribution in [-0.4, -0.2) is 22.7 Å². The molecule has 0 N–H and O–H groups in total. The van der Waals surface area contributed by atoms with E-state index in [2.05, 4.69) is 66.0 Å². The molecule has 18 heavy (non-hydrogen) atoms. The molecule has 0 fully saturated rings. The van der Waals surface area contributed by atoms with Crippen LogP contribution in [0.5, 0.6) is 0 Å². The molecule has 0 bridgehead atoms. The first-order valence-electron chi connectivity index (χ1n) is 6.38. The maximum atomic E-state index is 4.56. The van der Waals surface area contributed by atoms with Gasteiger partial charge in [0.1, 0.15) is 0 Å². The molecule has 1 heterocycles. The Kier molecular flexibility index (Phi) is 4.86. The van der Waals surface area contributed by atoms with Gasteiger partial charge in [0, 0.05) is 14.3 Å². The topological polar surface area (TPSA) is 16.1 Å². The van der Waals surface area contributed by atoms with Crippen molar-refractivity contribution >= 4 is 18.8 Å². The molecule has 1 atom stereocenters. The quantitative estimate of drug-likeness (QED) is 0.767. The molecule has 3 heteroatoms. The Morgan fingerprint density at radius 3 is 2.17 bits per heavy atom. The van der Waals surface area contributed by atoms with Crippen LogP contribution < -0.4 is 10.7 Å². The number of hydrogen-bond acceptors (Lipinski definition) is 2. The molecular weight excluding hydrogens is 239 g/mol. The summed E-state index contributed by atoms with van der Waals surface area (Å²) in [7, 11) is -0.492. The van der Waals surface area contributed by atoms with Gasteiger partial charge in [-0.15, -0.1) is 0 Å². The molecule has 0 saturated carbocycles. The molecule has 2 rings (SSSR count). The van der Waals surface area contributed by atoms with Crippen LogP contribution in [-0.2, 0) is 0 Å². The van der Waals surface area contributed by atoms with Gasteiger partial charge in [0.25, 0.3) is 0 Å². The Morgan fingerprint density at radius 1 is 0.944 bits per heavy atom. The second-order valence-corrected chi connectivity index (χ2v) is 6.14. The fraction of sp³-hybridized carbons (Fsp3) is 0.267. The molecule has 0 aliphatic rings. The van der Waals surface area contributed by atoms with Crippen LogP contribution in [0.1, 0.15) is 13.8 Å². The summed E-state index contributed by atoms with van der Waals surface area (Å²) in [5.41, 5.74) is 1.18. The fourth-order valence-corrected chi connectivity index (χ4v) is 4.30. The zero-order valence-corrected chi connectivity index (χ0v) is 11.8. The third-order valence-corrected chi connectivity index (χ3v) is 5.50. The Morgan fingerprint density at radius 2 is 1.61 bits per heavy atom. The van der Waals surface area contributed by atoms with E-state index in [1.54, 1.807) is 0 Å². The third kappa shape index (κ3) is 2.95. The summed E-state index contributed by atoms with van der Waals surface area (Å²) in [5, 5.41) is 1.37. The van der Waals surface area contributed by atoms with E-state index in [-0.39, 0.29) is 0 Å². The smallest absolute Gasteiger partial charge is 0.0828 e. The highest BCUT2D eigenvalue weighted by Crippen LogP contribution is 2.36. The van der Waals surface area contributed by atoms with Gasteiger partial charge in [-0.2, -0.15) is 0 Å². The highest BCUT2D eigenvalue weighted by molar-refractivity contribution is 7.70. The zero-order valence-electron chi connectivity index (χ0n) is 11.0. The predicted octanol–water partition coefficient (Wildman–Crippen LogP) is 2.77. The number of rotatable bonds is 5. The van der Waals surface area contributed by atoms with Gasteiger partial charge in [0.2, 0.25) is 0 Å². The summed E-state index contributed by atoms with van der Waals surface area (Å²) in [6, 6.07) is 16.9. The average Bonchev–Trinajstić information content (AvgIpc) is 2.46. The van der Waals surface area contributed by atoms with Gasteiger partial charge in [0.05, 0.1) is 5.44 Å². The van der Waals surface area contributed by atoms with E-state index < -0.39 is 8.07 Å². The maximum Gasteiger partial charge on any atom is 0.0828 e. The Bertz CT molecular complexity index is 415. The largest absolute Gasteiger partial charge is 0.274 e. The monoisotopic (exact) mass is 258 g/mol. The second kappa shape index (κ2) is 6.63. The Balaban J connectivity index is 2.41. The third-order valence-electron chi connectivity index (χ3n) is 2.88. The van der Waals surface area contributed by atoms with Crippen LogP contribution in [0.4, 0.5) is 0 Å². The summed E-state index contributed by atoms with van der Waals surface area (Å²) in [6.45, 7) is 6.52. The second-order valence-electron chi connectivity index (χ2n) is 3.97. The first kappa shape index (κ1) is 13.2. The minimum Gasteiger partial charge on any atom is -0.274 e. The number of aromatic nitrogens is 1. The van der Waals surface area contributed by atoms with Crippen molar-refractivity contribution in [3.63, 3.8) is 0 Å². The number of hydrogen-bond donors (Lipinski definition) is 0. The summed E-state index contributed by atoms with van der Waals surface area (Å²) in [6.07, 6.45) is 1.89. The van der Waals surface area contributed by atoms with Crippen molar-refractivity contribution in [2.24, 2.45) is 0 Å². The normalized spacial score (nSPS) is 12.6. The van der Waals surface area contributed by atoms with Gasteiger partial charge in [-0.05, 0) is 30.5 Å². The van der Waals surface area contributed by atoms with Gasteiger partial charge in [0.15, 0.2) is 0 Å². The lowest BCUT2D eigenvalue weighted by Crippen LogP contribution is -2.29. The van der Waals surface area contributed by atoms with Gasteiger partial charge in [-0.25, -0.2) is 0 Å². The number of benzene rings is 1. The molecule has 94 valence electrons. The summed E-state index contributed by atoms with van der Waals surface area (Å²) in [5.74, 6) is 0. The van der Waals surface area contributed by atoms with Crippen molar-refractivity contribution in [2.75, 3.05) is 13.1 Å². The minimum absolute atomic E-state index is 0.492. The van der Waals surface area contributed by atoms with Crippen molar-refractivity contribution in [3.8, 4) is 0 Å². The van der Waals surface area contributed by atoms with E-state index >= 15 is 0 Å². The van der Waals surface area contributed by atoms with Crippen LogP contribution in [0.25, 0.3) is 0 Å². The zero-order chi connectivity index (χ0) is 12.8. The molecule has 0 amide bonds. The lowest BCUT2D eigenvalue weighted by molar-refractivity contribution is 0.514. The van der Waals surface area contributed by atoms with E-state index in [9.17, 15) is 0 Å². The van der Waals surface area contributed by atoms with Crippen molar-refractivity contribution in [1.29, 1.82) is 0 Å². The highest BCUT2D eigenvalue weighted by Gasteiger charge is 2.20. The SMILES string of the molecule is CCN(CC)P(c1ccccc1)c1ccccn1. The molecule has 1 aromatic carbocycles. The minimum atomic E-state index is -0.492. The van der Waals surface area contributed by atoms with E-state index in [1.165, 1.54) is 10.7 Å². The summed E-state index contributed by atoms with van der Waals surface area (Å²) in [4.78, 5) is 4.56. The van der Waals surface area contributed by atoms with E-state index in [4.69, 9.17) is 0 Å². The molecule has 0 aliphatic carbocycles. The Labute approximate surface area is 110 Å². The molecule has 0 saturated heterocycles. The van der Waals surface area contributed by atoms with Gasteiger partial charge in [-0.1, -0.05) is 50.2 Å². The van der Waals surface area contributed by atoms with Crippen molar-refractivity contribution in [1.82, 2.24) is 9.65 Å². The molecule has 1 unspecified atom stereocenters. The molecule has 1 aromatic heterocycles. The van der Waals surface area contributed by atoms with E-state index in [0.29, 0.717) is 0 Å². The van der Waals surface area contributed by atoms with Crippen molar-refractivity contribution < 1.29 is 0 Å². The summed E-state index contributed by atoms with van der Waals surface area (Å²) < 4.78 is 2.49. The molecule has 0 spiro atoms. The molecule has 0 radical (unpaired) electrons.